The molecule has 2 fully saturated rings. The summed E-state index contributed by atoms with van der Waals surface area (Å²) < 4.78 is 32.6. The maximum absolute atomic E-state index is 12.5. The van der Waals surface area contributed by atoms with E-state index in [1.54, 1.807) is 0 Å². The van der Waals surface area contributed by atoms with Crippen LogP contribution >= 0.6 is 0 Å². The van der Waals surface area contributed by atoms with Crippen LogP contribution in [0.2, 0.25) is 0 Å². The monoisotopic (exact) mass is 662 g/mol. The molecular weight excluding hydrogens is 624 g/mol. The van der Waals surface area contributed by atoms with E-state index in [1.807, 2.05) is 48.5 Å². The summed E-state index contributed by atoms with van der Waals surface area (Å²) in [4.78, 5) is 35.4. The fourth-order valence-corrected chi connectivity index (χ4v) is 5.97. The molecule has 3 aliphatic rings. The molecule has 2 saturated heterocycles. The number of fused-ring (bicyclic) bond motifs is 3. The second-order valence-corrected chi connectivity index (χ2v) is 11.2. The number of amides is 2. The molecule has 0 spiro atoms. The number of hydrogen-bond acceptors (Lipinski definition) is 14. The average molecular weight is 663 g/mol. The molecule has 2 amide bonds. The van der Waals surface area contributed by atoms with Gasteiger partial charge in [-0.15, -0.1) is 0 Å². The van der Waals surface area contributed by atoms with Gasteiger partial charge in [-0.3, -0.25) is 9.59 Å². The Morgan fingerprint density at radius 2 is 1.53 bits per heavy atom. The number of aliphatic hydroxyl groups excluding tert-OH is 5. The molecule has 2 aromatic rings. The first kappa shape index (κ1) is 34.6. The largest absolute Gasteiger partial charge is 0.449 e. The summed E-state index contributed by atoms with van der Waals surface area (Å²) in [6.07, 6.45) is -15.4. The van der Waals surface area contributed by atoms with Gasteiger partial charge in [-0.05, 0) is 22.3 Å². The summed E-state index contributed by atoms with van der Waals surface area (Å²) in [6.45, 7) is 0.228. The predicted molar refractivity (Wildman–Crippen MR) is 157 cm³/mol. The molecule has 4 unspecified atom stereocenters. The van der Waals surface area contributed by atoms with Crippen molar-refractivity contribution in [1.29, 1.82) is 0 Å². The molecule has 0 bridgehead atoms. The number of ether oxygens (including phenoxy) is 6. The van der Waals surface area contributed by atoms with Crippen molar-refractivity contribution in [2.45, 2.75) is 74.4 Å². The zero-order chi connectivity index (χ0) is 33.7. The van der Waals surface area contributed by atoms with Crippen molar-refractivity contribution in [2.75, 3.05) is 26.4 Å². The molecule has 0 aromatic heterocycles. The van der Waals surface area contributed by atoms with Crippen molar-refractivity contribution in [2.24, 2.45) is 0 Å². The van der Waals surface area contributed by atoms with Crippen LogP contribution in [-0.2, 0) is 38.0 Å². The van der Waals surface area contributed by atoms with Gasteiger partial charge in [-0.2, -0.15) is 0 Å². The molecule has 0 saturated carbocycles. The van der Waals surface area contributed by atoms with Gasteiger partial charge < -0.3 is 64.6 Å². The highest BCUT2D eigenvalue weighted by Gasteiger charge is 2.52. The maximum Gasteiger partial charge on any atom is 0.407 e. The third kappa shape index (κ3) is 7.56. The number of carbonyl (C=O) groups excluding carboxylic acids is 3. The minimum Gasteiger partial charge on any atom is -0.449 e. The zero-order valence-electron chi connectivity index (χ0n) is 25.3. The van der Waals surface area contributed by atoms with Crippen LogP contribution in [0.15, 0.2) is 48.5 Å². The lowest BCUT2D eigenvalue weighted by Crippen LogP contribution is -2.67. The van der Waals surface area contributed by atoms with Gasteiger partial charge in [0.25, 0.3) is 6.47 Å². The van der Waals surface area contributed by atoms with Crippen LogP contribution in [0.1, 0.15) is 24.0 Å². The molecule has 5 rings (SSSR count). The first-order valence-electron chi connectivity index (χ1n) is 15.0. The highest BCUT2D eigenvalue weighted by Crippen LogP contribution is 2.44. The molecule has 2 heterocycles. The summed E-state index contributed by atoms with van der Waals surface area (Å²) in [6, 6.07) is 14.4. The van der Waals surface area contributed by atoms with E-state index < -0.39 is 80.1 Å². The number of carbonyl (C=O) groups is 3. The molecule has 0 radical (unpaired) electrons. The first-order valence-corrected chi connectivity index (χ1v) is 15.0. The summed E-state index contributed by atoms with van der Waals surface area (Å²) in [5.74, 6) is -0.751. The van der Waals surface area contributed by atoms with Gasteiger partial charge in [0.1, 0.15) is 43.2 Å². The lowest BCUT2D eigenvalue weighted by molar-refractivity contribution is -0.373. The maximum atomic E-state index is 12.5. The normalized spacial score (nSPS) is 31.7. The van der Waals surface area contributed by atoms with E-state index in [0.717, 1.165) is 29.2 Å². The van der Waals surface area contributed by atoms with Gasteiger partial charge in [0.15, 0.2) is 18.7 Å². The number of rotatable bonds is 12. The topological polar surface area (TPSA) is 232 Å². The van der Waals surface area contributed by atoms with Gasteiger partial charge in [0.2, 0.25) is 12.2 Å². The molecular formula is C31H38N2O14. The van der Waals surface area contributed by atoms with Crippen LogP contribution in [0.5, 0.6) is 0 Å². The Hall–Kier alpha value is -3.71. The van der Waals surface area contributed by atoms with E-state index in [0.29, 0.717) is 0 Å². The number of alkyl carbamates (subject to hydrolysis) is 1. The van der Waals surface area contributed by atoms with Crippen LogP contribution < -0.4 is 10.6 Å². The summed E-state index contributed by atoms with van der Waals surface area (Å²) in [5, 5.41) is 56.8. The molecule has 7 N–H and O–H groups in total. The molecule has 2 aromatic carbocycles. The van der Waals surface area contributed by atoms with Gasteiger partial charge in [0, 0.05) is 19.4 Å². The Morgan fingerprint density at radius 3 is 2.15 bits per heavy atom. The lowest BCUT2D eigenvalue weighted by Gasteiger charge is -2.46. The van der Waals surface area contributed by atoms with Crippen molar-refractivity contribution < 1.29 is 68.3 Å². The minimum absolute atomic E-state index is 0.00334. The van der Waals surface area contributed by atoms with Gasteiger partial charge in [-0.25, -0.2) is 4.79 Å². The van der Waals surface area contributed by atoms with E-state index in [2.05, 4.69) is 10.6 Å². The van der Waals surface area contributed by atoms with Crippen molar-refractivity contribution in [3.8, 4) is 11.1 Å². The third-order valence-corrected chi connectivity index (χ3v) is 8.23. The molecule has 16 heteroatoms. The SMILES string of the molecule is CC(=O)NC1[C@@H](O[C@@H]2C(OC=O)O[C@@H](OCCNC(=O)OCC3c4ccccc4-c4ccccc43)C(O)[C@H]2O)OC(CO)[C@@H](O)[C@@H]1O. The highest BCUT2D eigenvalue weighted by molar-refractivity contribution is 5.79. The van der Waals surface area contributed by atoms with E-state index in [-0.39, 0.29) is 32.1 Å². The van der Waals surface area contributed by atoms with Crippen LogP contribution in [0, 0.1) is 0 Å². The van der Waals surface area contributed by atoms with E-state index in [4.69, 9.17) is 28.4 Å². The zero-order valence-corrected chi connectivity index (χ0v) is 25.3. The fourth-order valence-electron chi connectivity index (χ4n) is 5.97. The van der Waals surface area contributed by atoms with E-state index >= 15 is 0 Å². The van der Waals surface area contributed by atoms with Gasteiger partial charge in [-0.1, -0.05) is 48.5 Å². The van der Waals surface area contributed by atoms with Crippen LogP contribution in [0.3, 0.4) is 0 Å². The molecule has 16 nitrogen and oxygen atoms in total. The Balaban J connectivity index is 1.13. The van der Waals surface area contributed by atoms with E-state index in [1.165, 1.54) is 0 Å². The van der Waals surface area contributed by atoms with E-state index in [9.17, 15) is 39.9 Å². The van der Waals surface area contributed by atoms with Crippen LogP contribution in [-0.4, -0.2) is 132 Å². The smallest absolute Gasteiger partial charge is 0.407 e. The highest BCUT2D eigenvalue weighted by atomic mass is 16.8. The molecule has 1 aliphatic carbocycles. The fraction of sp³-hybridized carbons (Fsp3) is 0.516. The Kier molecular flexibility index (Phi) is 11.4. The number of benzene rings is 2. The number of aliphatic hydroxyl groups is 5. The Bertz CT molecular complexity index is 1350. The Morgan fingerprint density at radius 1 is 0.872 bits per heavy atom. The molecule has 10 atom stereocenters. The standard InChI is InChI=1S/C31H38N2O14/c1-15(36)33-22-24(38)23(37)21(12-34)45-28(22)46-27-25(39)26(40)29(47-30(27)44-14-35)42-11-10-32-31(41)43-13-20-18-8-4-2-6-16(18)17-7-3-5-9-19(17)20/h2-9,14,20-30,34,37-40H,10-13H2,1H3,(H,32,41)(H,33,36)/t21?,22?,23-,24-,25-,26?,27+,28-,29-,30?/m1/s1. The first-order chi connectivity index (χ1) is 22.6. The molecule has 2 aliphatic heterocycles. The molecule has 47 heavy (non-hydrogen) atoms. The second-order valence-electron chi connectivity index (χ2n) is 11.2. The average Bonchev–Trinajstić information content (AvgIpc) is 3.38. The number of nitrogens with one attached hydrogen (secondary N) is 2. The van der Waals surface area contributed by atoms with Crippen molar-refractivity contribution in [3.63, 3.8) is 0 Å². The minimum atomic E-state index is -1.83. The van der Waals surface area contributed by atoms with Crippen LogP contribution in [0.4, 0.5) is 4.79 Å². The summed E-state index contributed by atoms with van der Waals surface area (Å²) in [7, 11) is 0. The van der Waals surface area contributed by atoms with Crippen molar-refractivity contribution >= 4 is 18.5 Å². The van der Waals surface area contributed by atoms with Crippen LogP contribution in [0.25, 0.3) is 11.1 Å². The third-order valence-electron chi connectivity index (χ3n) is 8.23. The second kappa shape index (κ2) is 15.5. The molecule has 256 valence electrons. The van der Waals surface area contributed by atoms with Crippen molar-refractivity contribution in [1.82, 2.24) is 10.6 Å². The summed E-state index contributed by atoms with van der Waals surface area (Å²) >= 11 is 0. The van der Waals surface area contributed by atoms with Crippen molar-refractivity contribution in [3.05, 3.63) is 59.7 Å². The van der Waals surface area contributed by atoms with Gasteiger partial charge >= 0.3 is 6.09 Å². The quantitative estimate of drug-likeness (QED) is 0.101. The predicted octanol–water partition coefficient (Wildman–Crippen LogP) is -1.55. The number of hydrogen-bond donors (Lipinski definition) is 7. The summed E-state index contributed by atoms with van der Waals surface area (Å²) in [5.41, 5.74) is 4.30. The lowest BCUT2D eigenvalue weighted by atomic mass is 9.96. The Labute approximate surface area is 269 Å². The van der Waals surface area contributed by atoms with Gasteiger partial charge in [0.05, 0.1) is 13.2 Å².